The number of hydrogen-bond acceptors (Lipinski definition) is 6. The number of nitrogens with two attached hydrogens (primary N) is 1. The Kier molecular flexibility index (Phi) is 9.55. The van der Waals surface area contributed by atoms with Gasteiger partial charge in [-0.05, 0) is 37.8 Å². The van der Waals surface area contributed by atoms with Crippen LogP contribution in [0.4, 0.5) is 0 Å². The Bertz CT molecular complexity index is 664. The van der Waals surface area contributed by atoms with Gasteiger partial charge in [-0.3, -0.25) is 14.5 Å². The minimum Gasteiger partial charge on any atom is -0.375 e. The SMILES string of the molecule is COCC(=O)N1CCC(N(Cc2ccc(C)s2)CC(C)C)C[C@@H]1C(=O)NCCN. The maximum Gasteiger partial charge on any atom is 0.249 e. The Balaban J connectivity index is 2.17. The van der Waals surface area contributed by atoms with E-state index in [2.05, 4.69) is 43.1 Å². The molecule has 2 heterocycles. The smallest absolute Gasteiger partial charge is 0.249 e. The number of thiophene rings is 1. The number of methoxy groups -OCH3 is 1. The molecule has 164 valence electrons. The first-order chi connectivity index (χ1) is 13.8. The van der Waals surface area contributed by atoms with Crippen molar-refractivity contribution in [1.82, 2.24) is 15.1 Å². The molecule has 0 spiro atoms. The van der Waals surface area contributed by atoms with E-state index in [0.29, 0.717) is 32.0 Å². The Morgan fingerprint density at radius 3 is 2.76 bits per heavy atom. The minimum atomic E-state index is -0.484. The van der Waals surface area contributed by atoms with Crippen molar-refractivity contribution in [3.63, 3.8) is 0 Å². The van der Waals surface area contributed by atoms with Crippen molar-refractivity contribution in [1.29, 1.82) is 0 Å². The average Bonchev–Trinajstić information content (AvgIpc) is 3.09. The molecule has 1 aliphatic rings. The zero-order valence-electron chi connectivity index (χ0n) is 18.1. The monoisotopic (exact) mass is 424 g/mol. The molecule has 0 saturated carbocycles. The summed E-state index contributed by atoms with van der Waals surface area (Å²) in [6.07, 6.45) is 1.48. The molecule has 1 unspecified atom stereocenters. The molecule has 0 aromatic carbocycles. The summed E-state index contributed by atoms with van der Waals surface area (Å²) in [5, 5.41) is 2.87. The van der Waals surface area contributed by atoms with Crippen LogP contribution in [0.2, 0.25) is 0 Å². The molecule has 29 heavy (non-hydrogen) atoms. The number of aryl methyl sites for hydroxylation is 1. The van der Waals surface area contributed by atoms with Gasteiger partial charge in [-0.1, -0.05) is 13.8 Å². The van der Waals surface area contributed by atoms with Gasteiger partial charge < -0.3 is 20.7 Å². The van der Waals surface area contributed by atoms with Crippen LogP contribution in [0, 0.1) is 12.8 Å². The second-order valence-corrected chi connectivity index (χ2v) is 9.50. The summed E-state index contributed by atoms with van der Waals surface area (Å²) in [5.41, 5.74) is 5.54. The number of carbonyl (C=O) groups excluding carboxylic acids is 2. The van der Waals surface area contributed by atoms with Crippen LogP contribution in [0.3, 0.4) is 0 Å². The third-order valence-electron chi connectivity index (χ3n) is 5.18. The fourth-order valence-corrected chi connectivity index (χ4v) is 4.84. The fourth-order valence-electron chi connectivity index (χ4n) is 3.93. The first kappa shape index (κ1) is 23.8. The minimum absolute atomic E-state index is 0.00445. The second-order valence-electron chi connectivity index (χ2n) is 8.13. The van der Waals surface area contributed by atoms with E-state index in [1.54, 1.807) is 4.90 Å². The van der Waals surface area contributed by atoms with Gasteiger partial charge in [-0.2, -0.15) is 0 Å². The van der Waals surface area contributed by atoms with E-state index in [0.717, 1.165) is 19.5 Å². The van der Waals surface area contributed by atoms with Gasteiger partial charge >= 0.3 is 0 Å². The van der Waals surface area contributed by atoms with Crippen LogP contribution in [-0.2, 0) is 20.9 Å². The van der Waals surface area contributed by atoms with Gasteiger partial charge in [0.1, 0.15) is 12.6 Å². The lowest BCUT2D eigenvalue weighted by Gasteiger charge is -2.43. The quantitative estimate of drug-likeness (QED) is 0.596. The largest absolute Gasteiger partial charge is 0.375 e. The number of piperidine rings is 1. The number of hydrogen-bond donors (Lipinski definition) is 2. The highest BCUT2D eigenvalue weighted by molar-refractivity contribution is 7.11. The molecule has 2 amide bonds. The topological polar surface area (TPSA) is 87.9 Å². The normalized spacial score (nSPS) is 19.8. The van der Waals surface area contributed by atoms with Gasteiger partial charge in [0.25, 0.3) is 0 Å². The van der Waals surface area contributed by atoms with Crippen molar-refractivity contribution < 1.29 is 14.3 Å². The van der Waals surface area contributed by atoms with Crippen LogP contribution in [-0.4, -0.2) is 73.6 Å². The number of ether oxygens (including phenoxy) is 1. The lowest BCUT2D eigenvalue weighted by atomic mass is 9.94. The van der Waals surface area contributed by atoms with Crippen molar-refractivity contribution in [2.75, 3.05) is 39.9 Å². The first-order valence-corrected chi connectivity index (χ1v) is 11.2. The molecular formula is C21H36N4O3S. The summed E-state index contributed by atoms with van der Waals surface area (Å²) in [7, 11) is 1.50. The van der Waals surface area contributed by atoms with E-state index in [1.807, 2.05) is 11.3 Å². The average molecular weight is 425 g/mol. The van der Waals surface area contributed by atoms with Gasteiger partial charge in [0.15, 0.2) is 0 Å². The van der Waals surface area contributed by atoms with E-state index in [1.165, 1.54) is 16.9 Å². The second kappa shape index (κ2) is 11.6. The molecule has 1 aromatic rings. The Morgan fingerprint density at radius 1 is 1.41 bits per heavy atom. The van der Waals surface area contributed by atoms with Gasteiger partial charge in [-0.25, -0.2) is 0 Å². The summed E-state index contributed by atoms with van der Waals surface area (Å²) in [6.45, 7) is 9.75. The van der Waals surface area contributed by atoms with Crippen LogP contribution < -0.4 is 11.1 Å². The predicted octanol–water partition coefficient (Wildman–Crippen LogP) is 1.60. The Hall–Kier alpha value is -1.48. The van der Waals surface area contributed by atoms with Gasteiger partial charge in [0, 0.05) is 55.6 Å². The highest BCUT2D eigenvalue weighted by Gasteiger charge is 2.38. The van der Waals surface area contributed by atoms with Crippen molar-refractivity contribution in [3.8, 4) is 0 Å². The van der Waals surface area contributed by atoms with Gasteiger partial charge in [0.2, 0.25) is 11.8 Å². The van der Waals surface area contributed by atoms with Crippen LogP contribution in [0.5, 0.6) is 0 Å². The van der Waals surface area contributed by atoms with E-state index in [4.69, 9.17) is 10.5 Å². The Labute approximate surface area is 178 Å². The molecule has 2 rings (SSSR count). The number of carbonyl (C=O) groups is 2. The highest BCUT2D eigenvalue weighted by Crippen LogP contribution is 2.27. The summed E-state index contributed by atoms with van der Waals surface area (Å²) in [5.74, 6) is 0.262. The zero-order chi connectivity index (χ0) is 21.4. The van der Waals surface area contributed by atoms with E-state index < -0.39 is 6.04 Å². The standard InChI is InChI=1S/C21H36N4O3S/c1-15(2)12-24(13-18-6-5-16(3)29-18)17-7-10-25(20(26)14-28-4)19(11-17)21(27)23-9-8-22/h5-6,15,17,19H,7-14,22H2,1-4H3,(H,23,27)/t17?,19-/m1/s1. The Morgan fingerprint density at radius 2 is 2.17 bits per heavy atom. The van der Waals surface area contributed by atoms with Crippen LogP contribution >= 0.6 is 11.3 Å². The maximum atomic E-state index is 12.8. The third-order valence-corrected chi connectivity index (χ3v) is 6.17. The van der Waals surface area contributed by atoms with Crippen molar-refractivity contribution in [2.24, 2.45) is 11.7 Å². The third kappa shape index (κ3) is 7.06. The molecule has 3 N–H and O–H groups in total. The zero-order valence-corrected chi connectivity index (χ0v) is 19.0. The number of rotatable bonds is 10. The summed E-state index contributed by atoms with van der Waals surface area (Å²) in [4.78, 5) is 32.1. The lowest BCUT2D eigenvalue weighted by molar-refractivity contribution is -0.146. The molecule has 1 fully saturated rings. The summed E-state index contributed by atoms with van der Waals surface area (Å²) in [6, 6.07) is 4.11. The van der Waals surface area contributed by atoms with Crippen molar-refractivity contribution >= 4 is 23.2 Å². The molecule has 0 aliphatic carbocycles. The molecular weight excluding hydrogens is 388 g/mol. The van der Waals surface area contributed by atoms with E-state index in [-0.39, 0.29) is 24.5 Å². The highest BCUT2D eigenvalue weighted by atomic mass is 32.1. The number of nitrogens with one attached hydrogen (secondary N) is 1. The van der Waals surface area contributed by atoms with Crippen molar-refractivity contribution in [2.45, 2.75) is 52.2 Å². The van der Waals surface area contributed by atoms with Crippen LogP contribution in [0.25, 0.3) is 0 Å². The molecule has 1 aliphatic heterocycles. The number of likely N-dealkylation sites (tertiary alicyclic amines) is 1. The van der Waals surface area contributed by atoms with Gasteiger partial charge in [0.05, 0.1) is 0 Å². The molecule has 2 atom stereocenters. The first-order valence-electron chi connectivity index (χ1n) is 10.4. The molecule has 1 saturated heterocycles. The van der Waals surface area contributed by atoms with Crippen LogP contribution in [0.1, 0.15) is 36.4 Å². The van der Waals surface area contributed by atoms with Gasteiger partial charge in [-0.15, -0.1) is 11.3 Å². The summed E-state index contributed by atoms with van der Waals surface area (Å²) >= 11 is 1.82. The summed E-state index contributed by atoms with van der Waals surface area (Å²) < 4.78 is 5.02. The number of nitrogens with zero attached hydrogens (tertiary/aromatic N) is 2. The van der Waals surface area contributed by atoms with E-state index in [9.17, 15) is 9.59 Å². The fraction of sp³-hybridized carbons (Fsp3) is 0.714. The molecule has 0 radical (unpaired) electrons. The predicted molar refractivity (Wildman–Crippen MR) is 117 cm³/mol. The molecule has 7 nitrogen and oxygen atoms in total. The molecule has 1 aromatic heterocycles. The lowest BCUT2D eigenvalue weighted by Crippen LogP contribution is -2.58. The maximum absolute atomic E-state index is 12.8. The van der Waals surface area contributed by atoms with E-state index >= 15 is 0 Å². The molecule has 8 heteroatoms. The molecule has 0 bridgehead atoms. The van der Waals surface area contributed by atoms with Crippen LogP contribution in [0.15, 0.2) is 12.1 Å². The number of amides is 2. The van der Waals surface area contributed by atoms with Crippen molar-refractivity contribution in [3.05, 3.63) is 21.9 Å².